The van der Waals surface area contributed by atoms with Gasteiger partial charge in [-0.2, -0.15) is 5.10 Å². The average Bonchev–Trinajstić information content (AvgIpc) is 2.38. The van der Waals surface area contributed by atoms with Crippen LogP contribution in [0.5, 0.6) is 0 Å². The molecule has 1 aliphatic rings. The number of nitrogens with zero attached hydrogens (tertiary/aromatic N) is 1. The van der Waals surface area contributed by atoms with Crippen LogP contribution in [0.2, 0.25) is 0 Å². The molecule has 1 aliphatic carbocycles. The summed E-state index contributed by atoms with van der Waals surface area (Å²) in [5.74, 6) is 0.373. The van der Waals surface area contributed by atoms with E-state index in [4.69, 9.17) is 0 Å². The van der Waals surface area contributed by atoms with E-state index >= 15 is 0 Å². The monoisotopic (exact) mass is 244 g/mol. The molecule has 1 aromatic carbocycles. The van der Waals surface area contributed by atoms with E-state index in [0.29, 0.717) is 11.5 Å². The van der Waals surface area contributed by atoms with Crippen molar-refractivity contribution in [3.63, 3.8) is 0 Å². The van der Waals surface area contributed by atoms with Crippen molar-refractivity contribution in [3.8, 4) is 0 Å². The van der Waals surface area contributed by atoms with Crippen molar-refractivity contribution in [2.75, 3.05) is 0 Å². The summed E-state index contributed by atoms with van der Waals surface area (Å²) in [5.41, 5.74) is 5.61. The van der Waals surface area contributed by atoms with Crippen molar-refractivity contribution < 1.29 is 4.79 Å². The predicted octanol–water partition coefficient (Wildman–Crippen LogP) is 3.29. The van der Waals surface area contributed by atoms with Gasteiger partial charge in [0, 0.05) is 11.3 Å². The SMILES string of the molecule is Cc1ccc(C(=O)N/N=C2/CCCCC2C)cc1. The van der Waals surface area contributed by atoms with Gasteiger partial charge in [0.15, 0.2) is 0 Å². The van der Waals surface area contributed by atoms with Crippen molar-refractivity contribution in [3.05, 3.63) is 35.4 Å². The number of carbonyl (C=O) groups is 1. The van der Waals surface area contributed by atoms with Crippen LogP contribution in [0, 0.1) is 12.8 Å². The van der Waals surface area contributed by atoms with Crippen molar-refractivity contribution in [1.29, 1.82) is 0 Å². The van der Waals surface area contributed by atoms with Gasteiger partial charge in [0.25, 0.3) is 5.91 Å². The first kappa shape index (κ1) is 12.8. The summed E-state index contributed by atoms with van der Waals surface area (Å²) >= 11 is 0. The maximum Gasteiger partial charge on any atom is 0.271 e. The minimum absolute atomic E-state index is 0.125. The van der Waals surface area contributed by atoms with Gasteiger partial charge >= 0.3 is 0 Å². The lowest BCUT2D eigenvalue weighted by Crippen LogP contribution is -2.24. The first-order valence-corrected chi connectivity index (χ1v) is 6.60. The lowest BCUT2D eigenvalue weighted by molar-refractivity contribution is 0.0954. The van der Waals surface area contributed by atoms with E-state index in [-0.39, 0.29) is 5.91 Å². The second-order valence-electron chi connectivity index (χ2n) is 5.06. The molecule has 1 N–H and O–H groups in total. The topological polar surface area (TPSA) is 41.5 Å². The highest BCUT2D eigenvalue weighted by molar-refractivity contribution is 5.95. The standard InChI is InChI=1S/C15H20N2O/c1-11-7-9-13(10-8-11)15(18)17-16-14-6-4-3-5-12(14)2/h7-10,12H,3-6H2,1-2H3,(H,17,18)/b16-14-. The van der Waals surface area contributed by atoms with Gasteiger partial charge in [0.05, 0.1) is 0 Å². The molecule has 0 heterocycles. The molecule has 1 aromatic rings. The summed E-state index contributed by atoms with van der Waals surface area (Å²) in [4.78, 5) is 11.9. The number of rotatable bonds is 2. The molecule has 0 bridgehead atoms. The molecule has 0 aliphatic heterocycles. The quantitative estimate of drug-likeness (QED) is 0.797. The molecule has 1 atom stereocenters. The molecule has 2 rings (SSSR count). The molecule has 18 heavy (non-hydrogen) atoms. The van der Waals surface area contributed by atoms with E-state index in [2.05, 4.69) is 17.5 Å². The van der Waals surface area contributed by atoms with Gasteiger partial charge in [-0.15, -0.1) is 0 Å². The van der Waals surface area contributed by atoms with Gasteiger partial charge in [0.2, 0.25) is 0 Å². The second-order valence-corrected chi connectivity index (χ2v) is 5.06. The van der Waals surface area contributed by atoms with Crippen LogP contribution >= 0.6 is 0 Å². The third-order valence-electron chi connectivity index (χ3n) is 3.50. The first-order chi connectivity index (χ1) is 8.66. The van der Waals surface area contributed by atoms with Crippen LogP contribution in [0.3, 0.4) is 0 Å². The van der Waals surface area contributed by atoms with Gasteiger partial charge in [0.1, 0.15) is 0 Å². The highest BCUT2D eigenvalue weighted by Crippen LogP contribution is 2.20. The van der Waals surface area contributed by atoms with Crippen molar-refractivity contribution in [2.45, 2.75) is 39.5 Å². The van der Waals surface area contributed by atoms with Crippen LogP contribution < -0.4 is 5.43 Å². The third kappa shape index (κ3) is 3.19. The van der Waals surface area contributed by atoms with Crippen LogP contribution in [0.25, 0.3) is 0 Å². The van der Waals surface area contributed by atoms with Crippen LogP contribution in [0.4, 0.5) is 0 Å². The van der Waals surface area contributed by atoms with E-state index in [1.807, 2.05) is 31.2 Å². The Kier molecular flexibility index (Phi) is 4.13. The van der Waals surface area contributed by atoms with Gasteiger partial charge in [-0.25, -0.2) is 5.43 Å². The summed E-state index contributed by atoms with van der Waals surface area (Å²) < 4.78 is 0. The van der Waals surface area contributed by atoms with Gasteiger partial charge in [-0.05, 0) is 44.2 Å². The molecule has 3 nitrogen and oxygen atoms in total. The molecule has 1 saturated carbocycles. The smallest absolute Gasteiger partial charge is 0.267 e. The van der Waals surface area contributed by atoms with E-state index in [1.165, 1.54) is 19.3 Å². The van der Waals surface area contributed by atoms with E-state index in [1.54, 1.807) is 0 Å². The van der Waals surface area contributed by atoms with Gasteiger partial charge < -0.3 is 0 Å². The molecule has 0 spiro atoms. The Labute approximate surface area is 108 Å². The lowest BCUT2D eigenvalue weighted by atomic mass is 9.89. The summed E-state index contributed by atoms with van der Waals surface area (Å²) in [6, 6.07) is 7.53. The zero-order valence-electron chi connectivity index (χ0n) is 11.1. The maximum atomic E-state index is 11.9. The molecule has 1 unspecified atom stereocenters. The van der Waals surface area contributed by atoms with Gasteiger partial charge in [-0.3, -0.25) is 4.79 Å². The number of aryl methyl sites for hydroxylation is 1. The second kappa shape index (κ2) is 5.80. The Bertz CT molecular complexity index is 448. The number of hydrogen-bond acceptors (Lipinski definition) is 2. The molecule has 96 valence electrons. The molecule has 3 heteroatoms. The Hall–Kier alpha value is -1.64. The number of hydrazone groups is 1. The maximum absolute atomic E-state index is 11.9. The minimum Gasteiger partial charge on any atom is -0.267 e. The van der Waals surface area contributed by atoms with Crippen LogP contribution in [0.15, 0.2) is 29.4 Å². The summed E-state index contributed by atoms with van der Waals surface area (Å²) in [6.07, 6.45) is 4.64. The summed E-state index contributed by atoms with van der Waals surface area (Å²) in [6.45, 7) is 4.18. The molecular weight excluding hydrogens is 224 g/mol. The predicted molar refractivity (Wildman–Crippen MR) is 73.7 cm³/mol. The number of benzene rings is 1. The Morgan fingerprint density at radius 2 is 2.00 bits per heavy atom. The third-order valence-corrected chi connectivity index (χ3v) is 3.50. The molecule has 1 amide bonds. The molecular formula is C15H20N2O. The fraction of sp³-hybridized carbons (Fsp3) is 0.467. The minimum atomic E-state index is -0.125. The highest BCUT2D eigenvalue weighted by Gasteiger charge is 2.16. The summed E-state index contributed by atoms with van der Waals surface area (Å²) in [7, 11) is 0. The van der Waals surface area contributed by atoms with Crippen LogP contribution in [0.1, 0.15) is 48.5 Å². The van der Waals surface area contributed by atoms with E-state index in [9.17, 15) is 4.79 Å². The zero-order valence-corrected chi connectivity index (χ0v) is 11.1. The van der Waals surface area contributed by atoms with Crippen molar-refractivity contribution >= 4 is 11.6 Å². The fourth-order valence-corrected chi connectivity index (χ4v) is 2.23. The highest BCUT2D eigenvalue weighted by atomic mass is 16.2. The van der Waals surface area contributed by atoms with Crippen LogP contribution in [-0.2, 0) is 0 Å². The lowest BCUT2D eigenvalue weighted by Gasteiger charge is -2.19. The van der Waals surface area contributed by atoms with Crippen molar-refractivity contribution in [2.24, 2.45) is 11.0 Å². The molecule has 0 radical (unpaired) electrons. The van der Waals surface area contributed by atoms with E-state index in [0.717, 1.165) is 17.7 Å². The number of nitrogens with one attached hydrogen (secondary N) is 1. The molecule has 0 aromatic heterocycles. The zero-order chi connectivity index (χ0) is 13.0. The normalized spacial score (nSPS) is 21.9. The Morgan fingerprint density at radius 3 is 2.67 bits per heavy atom. The molecule has 1 fully saturated rings. The summed E-state index contributed by atoms with van der Waals surface area (Å²) in [5, 5.41) is 4.28. The largest absolute Gasteiger partial charge is 0.271 e. The van der Waals surface area contributed by atoms with Gasteiger partial charge in [-0.1, -0.05) is 31.0 Å². The number of carbonyl (C=O) groups excluding carboxylic acids is 1. The number of amides is 1. The Balaban J connectivity index is 1.99. The van der Waals surface area contributed by atoms with E-state index < -0.39 is 0 Å². The Morgan fingerprint density at radius 1 is 1.28 bits per heavy atom. The van der Waals surface area contributed by atoms with Crippen molar-refractivity contribution in [1.82, 2.24) is 5.43 Å². The first-order valence-electron chi connectivity index (χ1n) is 6.60. The molecule has 0 saturated heterocycles. The van der Waals surface area contributed by atoms with Crippen LogP contribution in [-0.4, -0.2) is 11.6 Å². The average molecular weight is 244 g/mol. The number of hydrogen-bond donors (Lipinski definition) is 1. The fourth-order valence-electron chi connectivity index (χ4n) is 2.23.